The van der Waals surface area contributed by atoms with E-state index in [4.69, 9.17) is 9.84 Å². The molecule has 4 heteroatoms. The van der Waals surface area contributed by atoms with Gasteiger partial charge in [-0.15, -0.1) is 0 Å². The Bertz CT molecular complexity index is 321. The smallest absolute Gasteiger partial charge is 0.189 e. The lowest BCUT2D eigenvalue weighted by atomic mass is 10.1. The lowest BCUT2D eigenvalue weighted by Crippen LogP contribution is -2.34. The number of carbonyl (C=O) groups excluding carboxylic acids is 1. The molecule has 4 nitrogen and oxygen atoms in total. The van der Waals surface area contributed by atoms with Crippen LogP contribution in [0.2, 0.25) is 0 Å². The minimum absolute atomic E-state index is 0.193. The molecule has 0 aliphatic rings. The van der Waals surface area contributed by atoms with Crippen molar-refractivity contribution in [2.24, 2.45) is 0 Å². The molecule has 16 heavy (non-hydrogen) atoms. The molecule has 1 aromatic carbocycles. The normalized spacial score (nSPS) is 14.4. The highest BCUT2D eigenvalue weighted by molar-refractivity contribution is 5.84. The van der Waals surface area contributed by atoms with Crippen LogP contribution in [0.15, 0.2) is 30.3 Å². The number of rotatable bonds is 6. The Balaban J connectivity index is 2.28. The van der Waals surface area contributed by atoms with Crippen LogP contribution < -0.4 is 0 Å². The summed E-state index contributed by atoms with van der Waals surface area (Å²) >= 11 is 0. The summed E-state index contributed by atoms with van der Waals surface area (Å²) in [6.45, 7) is 1.49. The predicted molar refractivity (Wildman–Crippen MR) is 58.8 cm³/mol. The number of aliphatic hydroxyl groups is 2. The van der Waals surface area contributed by atoms with Crippen molar-refractivity contribution >= 4 is 5.78 Å². The fraction of sp³-hybridized carbons (Fsp3) is 0.417. The molecule has 1 rings (SSSR count). The Morgan fingerprint density at radius 2 is 1.94 bits per heavy atom. The van der Waals surface area contributed by atoms with Crippen molar-refractivity contribution in [3.05, 3.63) is 35.9 Å². The first-order valence-electron chi connectivity index (χ1n) is 5.12. The van der Waals surface area contributed by atoms with Crippen LogP contribution in [0.5, 0.6) is 0 Å². The van der Waals surface area contributed by atoms with Crippen LogP contribution in [-0.2, 0) is 16.1 Å². The molecule has 88 valence electrons. The summed E-state index contributed by atoms with van der Waals surface area (Å²) in [6, 6.07) is 9.42. The molecule has 0 heterocycles. The minimum atomic E-state index is -1.37. The van der Waals surface area contributed by atoms with E-state index >= 15 is 0 Å². The zero-order chi connectivity index (χ0) is 12.0. The average molecular weight is 224 g/mol. The first kappa shape index (κ1) is 12.8. The standard InChI is InChI=1S/C12H16O4/c1-9(13)12(15)11(14)8-16-7-10-5-3-2-4-6-10/h2-6,9,12-13,15H,7-8H2,1H3. The van der Waals surface area contributed by atoms with Crippen LogP contribution in [0.1, 0.15) is 12.5 Å². The van der Waals surface area contributed by atoms with E-state index in [9.17, 15) is 9.90 Å². The van der Waals surface area contributed by atoms with Gasteiger partial charge < -0.3 is 14.9 Å². The van der Waals surface area contributed by atoms with Gasteiger partial charge >= 0.3 is 0 Å². The summed E-state index contributed by atoms with van der Waals surface area (Å²) in [5.41, 5.74) is 0.960. The molecule has 0 amide bonds. The Hall–Kier alpha value is -1.23. The summed E-state index contributed by atoms with van der Waals surface area (Å²) in [5, 5.41) is 18.2. The zero-order valence-corrected chi connectivity index (χ0v) is 9.17. The highest BCUT2D eigenvalue weighted by Crippen LogP contribution is 2.01. The van der Waals surface area contributed by atoms with E-state index in [1.54, 1.807) is 0 Å². The number of Topliss-reactive ketones (excluding diaryl/α,β-unsaturated/α-hetero) is 1. The maximum Gasteiger partial charge on any atom is 0.189 e. The van der Waals surface area contributed by atoms with Crippen molar-refractivity contribution in [3.63, 3.8) is 0 Å². The summed E-state index contributed by atoms with van der Waals surface area (Å²) in [7, 11) is 0. The summed E-state index contributed by atoms with van der Waals surface area (Å²) in [6.07, 6.45) is -2.43. The van der Waals surface area contributed by atoms with Gasteiger partial charge in [-0.1, -0.05) is 30.3 Å². The second-order valence-electron chi connectivity index (χ2n) is 3.63. The molecule has 0 aliphatic carbocycles. The van der Waals surface area contributed by atoms with Gasteiger partial charge in [-0.05, 0) is 12.5 Å². The molecule has 2 atom stereocenters. The minimum Gasteiger partial charge on any atom is -0.390 e. The fourth-order valence-corrected chi connectivity index (χ4v) is 1.20. The number of aliphatic hydroxyl groups excluding tert-OH is 2. The van der Waals surface area contributed by atoms with Gasteiger partial charge in [0.05, 0.1) is 12.7 Å². The van der Waals surface area contributed by atoms with Gasteiger partial charge in [-0.25, -0.2) is 0 Å². The lowest BCUT2D eigenvalue weighted by molar-refractivity contribution is -0.137. The fourth-order valence-electron chi connectivity index (χ4n) is 1.20. The van der Waals surface area contributed by atoms with Gasteiger partial charge in [-0.2, -0.15) is 0 Å². The number of ether oxygens (including phenoxy) is 1. The maximum atomic E-state index is 11.2. The van der Waals surface area contributed by atoms with Crippen molar-refractivity contribution in [2.75, 3.05) is 6.61 Å². The molecule has 1 aromatic rings. The third-order valence-electron chi connectivity index (χ3n) is 2.14. The van der Waals surface area contributed by atoms with Crippen LogP contribution in [-0.4, -0.2) is 34.8 Å². The van der Waals surface area contributed by atoms with Crippen molar-refractivity contribution in [1.82, 2.24) is 0 Å². The molecule has 0 aliphatic heterocycles. The van der Waals surface area contributed by atoms with Crippen LogP contribution in [0.25, 0.3) is 0 Å². The van der Waals surface area contributed by atoms with Gasteiger partial charge in [0.1, 0.15) is 12.7 Å². The first-order chi connectivity index (χ1) is 7.61. The predicted octanol–water partition coefficient (Wildman–Crippen LogP) is 0.514. The molecule has 2 unspecified atom stereocenters. The topological polar surface area (TPSA) is 66.8 Å². The van der Waals surface area contributed by atoms with Crippen molar-refractivity contribution in [2.45, 2.75) is 25.7 Å². The number of hydrogen-bond acceptors (Lipinski definition) is 4. The van der Waals surface area contributed by atoms with Crippen LogP contribution >= 0.6 is 0 Å². The average Bonchev–Trinajstić information content (AvgIpc) is 2.29. The van der Waals surface area contributed by atoms with Crippen molar-refractivity contribution in [3.8, 4) is 0 Å². The van der Waals surface area contributed by atoms with Gasteiger partial charge in [0.25, 0.3) is 0 Å². The second-order valence-corrected chi connectivity index (χ2v) is 3.63. The van der Waals surface area contributed by atoms with Crippen molar-refractivity contribution < 1.29 is 19.7 Å². The van der Waals surface area contributed by atoms with Gasteiger partial charge in [0.2, 0.25) is 0 Å². The molecule has 0 spiro atoms. The van der Waals surface area contributed by atoms with Gasteiger partial charge in [0, 0.05) is 0 Å². The number of ketones is 1. The molecule has 0 radical (unpaired) electrons. The largest absolute Gasteiger partial charge is 0.390 e. The molecule has 0 bridgehead atoms. The second kappa shape index (κ2) is 6.37. The van der Waals surface area contributed by atoms with E-state index in [1.165, 1.54) is 6.92 Å². The quantitative estimate of drug-likeness (QED) is 0.739. The third kappa shape index (κ3) is 4.10. The van der Waals surface area contributed by atoms with E-state index in [0.29, 0.717) is 6.61 Å². The number of hydrogen-bond donors (Lipinski definition) is 2. The molecule has 0 saturated heterocycles. The van der Waals surface area contributed by atoms with Gasteiger partial charge in [0.15, 0.2) is 5.78 Å². The molecule has 2 N–H and O–H groups in total. The first-order valence-corrected chi connectivity index (χ1v) is 5.12. The Kier molecular flexibility index (Phi) is 5.11. The zero-order valence-electron chi connectivity index (χ0n) is 9.17. The molecular formula is C12H16O4. The number of benzene rings is 1. The lowest BCUT2D eigenvalue weighted by Gasteiger charge is -2.12. The number of carbonyl (C=O) groups is 1. The molecule has 0 fully saturated rings. The SMILES string of the molecule is CC(O)C(O)C(=O)COCc1ccccc1. The molecule has 0 saturated carbocycles. The van der Waals surface area contributed by atoms with E-state index in [0.717, 1.165) is 5.56 Å². The maximum absolute atomic E-state index is 11.2. The Morgan fingerprint density at radius 3 is 2.50 bits per heavy atom. The summed E-state index contributed by atoms with van der Waals surface area (Å²) in [5.74, 6) is -0.508. The van der Waals surface area contributed by atoms with Crippen LogP contribution in [0, 0.1) is 0 Å². The van der Waals surface area contributed by atoms with Crippen molar-refractivity contribution in [1.29, 1.82) is 0 Å². The van der Waals surface area contributed by atoms with E-state index in [-0.39, 0.29) is 6.61 Å². The van der Waals surface area contributed by atoms with E-state index in [1.807, 2.05) is 30.3 Å². The van der Waals surface area contributed by atoms with Crippen LogP contribution in [0.3, 0.4) is 0 Å². The third-order valence-corrected chi connectivity index (χ3v) is 2.14. The highest BCUT2D eigenvalue weighted by Gasteiger charge is 2.19. The summed E-state index contributed by atoms with van der Waals surface area (Å²) in [4.78, 5) is 11.2. The van der Waals surface area contributed by atoms with Gasteiger partial charge in [-0.3, -0.25) is 4.79 Å². The molecular weight excluding hydrogens is 208 g/mol. The van der Waals surface area contributed by atoms with E-state index < -0.39 is 18.0 Å². The Morgan fingerprint density at radius 1 is 1.31 bits per heavy atom. The molecule has 0 aromatic heterocycles. The summed E-state index contributed by atoms with van der Waals surface area (Å²) < 4.78 is 5.13. The monoisotopic (exact) mass is 224 g/mol. The highest BCUT2D eigenvalue weighted by atomic mass is 16.5. The Labute approximate surface area is 94.5 Å². The van der Waals surface area contributed by atoms with Crippen LogP contribution in [0.4, 0.5) is 0 Å². The van der Waals surface area contributed by atoms with E-state index in [2.05, 4.69) is 0 Å².